The molecule has 0 amide bonds. The van der Waals surface area contributed by atoms with E-state index in [1.165, 1.54) is 53.0 Å². The summed E-state index contributed by atoms with van der Waals surface area (Å²) in [4.78, 5) is 38.6. The second kappa shape index (κ2) is 36.0. The zero-order valence-electron chi connectivity index (χ0n) is 62.2. The van der Waals surface area contributed by atoms with Crippen molar-refractivity contribution in [2.24, 2.45) is 0 Å². The molecule has 10 aromatic rings. The van der Waals surface area contributed by atoms with Crippen molar-refractivity contribution in [1.82, 2.24) is 58.3 Å². The van der Waals surface area contributed by atoms with Crippen molar-refractivity contribution < 1.29 is 20.1 Å². The smallest absolute Gasteiger partial charge is 0.224 e. The molecule has 20 heteroatoms. The maximum absolute atomic E-state index is 10.1. The number of piperazine rings is 1. The summed E-state index contributed by atoms with van der Waals surface area (Å²) < 4.78 is 13.0. The van der Waals surface area contributed by atoms with Crippen LogP contribution in [0.4, 0.5) is 23.5 Å². The first-order valence-electron chi connectivity index (χ1n) is 39.2. The third-order valence-corrected chi connectivity index (χ3v) is 22.0. The fourth-order valence-corrected chi connectivity index (χ4v) is 15.6. The van der Waals surface area contributed by atoms with E-state index in [9.17, 15) is 15.3 Å². The standard InChI is InChI=1S/C29H42N6O.C28H32N4O2.C27H38N6O/c1-3-4-14-30-29-31-19-26-27(21-35(28(26)32-29)24-10-12-25(36)13-11-24)23-8-6-22(7-9-23)20-34-16-5-15-33(2)17-18-34;1-2-3-17-29-28-30-18-25-26(19-32(27(25)31-28)21-11-13-22(33)14-12-21)20-9-15-24(16-10-20)34-23-7-5-4-6-8-23;1-3-4-13-28-27-29-18-24-25(19-33(26(24)30-27)22-9-11-23(34)12-10-22)20-5-7-21(8-6-20)32-16-14-31(2)15-17-32/h6-9,19,21,24-25,36H,3-5,10-18,20H2,1-2H3,(H,30,31,32);4-10,15-16,18-19,21-22,33H,2-3,11-14,17H2,1H3,(H,29,30,31);5-8,18-19,22-23,34H,3-4,9-17H2,1-2H3,(H,28,29,30). The van der Waals surface area contributed by atoms with E-state index < -0.39 is 0 Å². The van der Waals surface area contributed by atoms with Gasteiger partial charge in [-0.2, -0.15) is 15.0 Å². The van der Waals surface area contributed by atoms with Crippen LogP contribution in [0.15, 0.2) is 140 Å². The van der Waals surface area contributed by atoms with Crippen molar-refractivity contribution in [1.29, 1.82) is 0 Å². The van der Waals surface area contributed by atoms with E-state index in [-0.39, 0.29) is 18.3 Å². The fraction of sp³-hybridized carbons (Fsp3) is 0.500. The molecule has 6 N–H and O–H groups in total. The first kappa shape index (κ1) is 73.8. The first-order valence-corrected chi connectivity index (χ1v) is 39.2. The zero-order chi connectivity index (χ0) is 71.7. The molecule has 5 aliphatic rings. The number of unbranched alkanes of at least 4 members (excludes halogenated alkanes) is 3. The highest BCUT2D eigenvalue weighted by atomic mass is 16.5. The number of nitrogens with one attached hydrogen (secondary N) is 3. The molecule has 0 bridgehead atoms. The van der Waals surface area contributed by atoms with Gasteiger partial charge in [-0.15, -0.1) is 0 Å². The van der Waals surface area contributed by atoms with Crippen LogP contribution in [0.2, 0.25) is 0 Å². The summed E-state index contributed by atoms with van der Waals surface area (Å²) >= 11 is 0. The number of hydrogen-bond donors (Lipinski definition) is 6. The van der Waals surface area contributed by atoms with Crippen LogP contribution in [0.25, 0.3) is 66.5 Å². The molecular formula is C84H112N16O4. The van der Waals surface area contributed by atoms with Gasteiger partial charge in [0, 0.05) is 159 Å². The minimum absolute atomic E-state index is 0.166. The van der Waals surface area contributed by atoms with Crippen molar-refractivity contribution in [3.05, 3.63) is 146 Å². The number of fused-ring (bicyclic) bond motifs is 3. The number of benzene rings is 4. The molecule has 2 saturated heterocycles. The van der Waals surface area contributed by atoms with Gasteiger partial charge in [0.1, 0.15) is 28.4 Å². The molecule has 3 saturated carbocycles. The van der Waals surface area contributed by atoms with E-state index in [1.807, 2.05) is 61.1 Å². The van der Waals surface area contributed by atoms with Crippen molar-refractivity contribution in [3.63, 3.8) is 0 Å². The molecule has 0 unspecified atom stereocenters. The van der Waals surface area contributed by atoms with Crippen LogP contribution >= 0.6 is 0 Å². The topological polar surface area (TPSA) is 211 Å². The Morgan fingerprint density at radius 3 is 1.20 bits per heavy atom. The lowest BCUT2D eigenvalue weighted by atomic mass is 9.93. The van der Waals surface area contributed by atoms with Gasteiger partial charge in [0.2, 0.25) is 17.8 Å². The minimum atomic E-state index is -0.185. The molecule has 104 heavy (non-hydrogen) atoms. The minimum Gasteiger partial charge on any atom is -0.457 e. The monoisotopic (exact) mass is 1410 g/mol. The molecule has 2 aliphatic heterocycles. The number of likely N-dealkylation sites (N-methyl/N-ethyl adjacent to an activating group) is 2. The average Bonchev–Trinajstić information content (AvgIpc) is 1.63. The Morgan fingerprint density at radius 1 is 0.413 bits per heavy atom. The van der Waals surface area contributed by atoms with Crippen LogP contribution in [0, 0.1) is 0 Å². The van der Waals surface area contributed by atoms with Crippen molar-refractivity contribution in [2.45, 2.75) is 186 Å². The largest absolute Gasteiger partial charge is 0.457 e. The van der Waals surface area contributed by atoms with Crippen LogP contribution < -0.4 is 25.6 Å². The Labute approximate surface area is 615 Å². The Morgan fingerprint density at radius 2 is 0.788 bits per heavy atom. The van der Waals surface area contributed by atoms with Gasteiger partial charge >= 0.3 is 0 Å². The molecule has 3 aliphatic carbocycles. The van der Waals surface area contributed by atoms with Gasteiger partial charge in [-0.25, -0.2) is 15.0 Å². The lowest BCUT2D eigenvalue weighted by Crippen LogP contribution is -2.44. The molecule has 20 nitrogen and oxygen atoms in total. The molecule has 4 aromatic carbocycles. The number of anilines is 4. The number of aliphatic hydroxyl groups excluding tert-OH is 3. The highest BCUT2D eigenvalue weighted by molar-refractivity contribution is 5.96. The normalized spacial score (nSPS) is 20.7. The van der Waals surface area contributed by atoms with Crippen LogP contribution in [0.1, 0.15) is 166 Å². The summed E-state index contributed by atoms with van der Waals surface area (Å²) in [5, 5.41) is 43.5. The molecule has 552 valence electrons. The molecule has 5 fully saturated rings. The molecule has 6 aromatic heterocycles. The Hall–Kier alpha value is -8.50. The van der Waals surface area contributed by atoms with E-state index >= 15 is 0 Å². The molecule has 0 radical (unpaired) electrons. The summed E-state index contributed by atoms with van der Waals surface area (Å²) in [5.74, 6) is 3.71. The average molecular weight is 1410 g/mol. The number of nitrogens with zero attached hydrogens (tertiary/aromatic N) is 13. The Kier molecular flexibility index (Phi) is 25.5. The highest BCUT2D eigenvalue weighted by Gasteiger charge is 2.29. The number of hydrogen-bond acceptors (Lipinski definition) is 17. The van der Waals surface area contributed by atoms with Crippen LogP contribution in [-0.2, 0) is 6.54 Å². The summed E-state index contributed by atoms with van der Waals surface area (Å²) in [7, 11) is 4.41. The quantitative estimate of drug-likeness (QED) is 0.0329. The van der Waals surface area contributed by atoms with Gasteiger partial charge in [-0.05, 0) is 189 Å². The van der Waals surface area contributed by atoms with Crippen LogP contribution in [0.5, 0.6) is 11.5 Å². The summed E-state index contributed by atoms with van der Waals surface area (Å²) in [6.45, 7) is 19.2. The van der Waals surface area contributed by atoms with E-state index in [4.69, 9.17) is 19.7 Å². The van der Waals surface area contributed by atoms with Crippen LogP contribution in [0.3, 0.4) is 0 Å². The maximum atomic E-state index is 10.1. The highest BCUT2D eigenvalue weighted by Crippen LogP contribution is 2.41. The molecular weight excluding hydrogens is 1300 g/mol. The number of para-hydroxylation sites is 1. The Bertz CT molecular complexity index is 4280. The second-order valence-electron chi connectivity index (χ2n) is 29.8. The summed E-state index contributed by atoms with van der Waals surface area (Å²) in [6.07, 6.45) is 31.0. The van der Waals surface area contributed by atoms with E-state index in [2.05, 4.69) is 178 Å². The first-order chi connectivity index (χ1) is 50.9. The molecule has 0 spiro atoms. The number of aromatic nitrogens is 9. The number of ether oxygens (including phenoxy) is 1. The lowest BCUT2D eigenvalue weighted by Gasteiger charge is -2.34. The molecule has 15 rings (SSSR count). The summed E-state index contributed by atoms with van der Waals surface area (Å²) in [5.41, 5.74) is 12.6. The van der Waals surface area contributed by atoms with Gasteiger partial charge in [0.25, 0.3) is 0 Å². The third kappa shape index (κ3) is 18.8. The SMILES string of the molecule is CCCCNc1ncc2c(-c3ccc(CN4CCCN(C)CC4)cc3)cn(C3CCC(O)CC3)c2n1.CCCCNc1ncc2c(-c3ccc(N4CCN(C)CC4)cc3)cn(C3CCC(O)CC3)c2n1.CCCCNc1ncc2c(-c3ccc(Oc4ccccc4)cc3)cn(C3CCC(O)CC3)c2n1. The lowest BCUT2D eigenvalue weighted by molar-refractivity contribution is 0.111. The predicted octanol–water partition coefficient (Wildman–Crippen LogP) is 16.0. The van der Waals surface area contributed by atoms with E-state index in [0.29, 0.717) is 36.0 Å². The predicted molar refractivity (Wildman–Crippen MR) is 423 cm³/mol. The van der Waals surface area contributed by atoms with Crippen molar-refractivity contribution >= 4 is 56.6 Å². The van der Waals surface area contributed by atoms with E-state index in [1.54, 1.807) is 0 Å². The van der Waals surface area contributed by atoms with Gasteiger partial charge in [0.05, 0.1) is 18.3 Å². The number of rotatable bonds is 23. The van der Waals surface area contributed by atoms with Gasteiger partial charge < -0.3 is 64.4 Å². The maximum Gasteiger partial charge on any atom is 0.224 e. The second-order valence-corrected chi connectivity index (χ2v) is 29.8. The molecule has 8 heterocycles. The Balaban J connectivity index is 0.000000139. The van der Waals surface area contributed by atoms with Crippen LogP contribution in [-0.4, -0.2) is 178 Å². The van der Waals surface area contributed by atoms with Gasteiger partial charge in [-0.3, -0.25) is 4.90 Å². The zero-order valence-corrected chi connectivity index (χ0v) is 62.2. The summed E-state index contributed by atoms with van der Waals surface area (Å²) in [6, 6.07) is 37.1. The fourth-order valence-electron chi connectivity index (χ4n) is 15.6. The van der Waals surface area contributed by atoms with E-state index in [0.717, 1.165) is 237 Å². The van der Waals surface area contributed by atoms with Gasteiger partial charge in [0.15, 0.2) is 0 Å². The van der Waals surface area contributed by atoms with Gasteiger partial charge in [-0.1, -0.05) is 107 Å². The van der Waals surface area contributed by atoms with Crippen molar-refractivity contribution in [2.75, 3.05) is 107 Å². The van der Waals surface area contributed by atoms with Crippen molar-refractivity contribution in [3.8, 4) is 44.9 Å². The number of aliphatic hydroxyl groups is 3. The third-order valence-electron chi connectivity index (χ3n) is 22.0. The molecule has 0 atom stereocenters.